The van der Waals surface area contributed by atoms with Gasteiger partial charge in [-0.2, -0.15) is 0 Å². The second-order valence-corrected chi connectivity index (χ2v) is 6.07. The summed E-state index contributed by atoms with van der Waals surface area (Å²) in [7, 11) is 2.50. The van der Waals surface area contributed by atoms with E-state index in [0.29, 0.717) is 0 Å². The third-order valence-electron chi connectivity index (χ3n) is 4.39. The van der Waals surface area contributed by atoms with Crippen LogP contribution >= 0.6 is 0 Å². The Labute approximate surface area is 154 Å². The Morgan fingerprint density at radius 3 is 2.81 bits per heavy atom. The van der Waals surface area contributed by atoms with Gasteiger partial charge >= 0.3 is 12.0 Å². The van der Waals surface area contributed by atoms with Crippen molar-refractivity contribution in [3.8, 4) is 0 Å². The number of aromatic amines is 1. The lowest BCUT2D eigenvalue weighted by Crippen LogP contribution is -2.56. The Morgan fingerprint density at radius 2 is 2.07 bits per heavy atom. The zero-order valence-corrected chi connectivity index (χ0v) is 14.8. The molecule has 140 valence electrons. The van der Waals surface area contributed by atoms with Crippen LogP contribution in [0.4, 0.5) is 4.79 Å². The molecule has 0 radical (unpaired) electrons. The summed E-state index contributed by atoms with van der Waals surface area (Å²) in [6, 6.07) is 5.87. The molecule has 2 atom stereocenters. The van der Waals surface area contributed by atoms with Crippen LogP contribution in [0.15, 0.2) is 35.5 Å². The van der Waals surface area contributed by atoms with Crippen LogP contribution < -0.4 is 5.32 Å². The second-order valence-electron chi connectivity index (χ2n) is 6.07. The predicted octanol–water partition coefficient (Wildman–Crippen LogP) is 0.647. The third kappa shape index (κ3) is 3.57. The first-order valence-corrected chi connectivity index (χ1v) is 8.21. The van der Waals surface area contributed by atoms with Gasteiger partial charge in [0.2, 0.25) is 11.8 Å². The lowest BCUT2D eigenvalue weighted by Gasteiger charge is -2.25. The number of nitrogens with one attached hydrogen (secondary N) is 2. The first-order valence-electron chi connectivity index (χ1n) is 8.21. The normalized spacial score (nSPS) is 18.8. The molecule has 1 aromatic heterocycles. The molecule has 4 amide bonds. The maximum Gasteiger partial charge on any atom is 0.330 e. The van der Waals surface area contributed by atoms with Gasteiger partial charge in [-0.1, -0.05) is 18.2 Å². The van der Waals surface area contributed by atoms with Crippen molar-refractivity contribution in [1.82, 2.24) is 15.2 Å². The number of H-pyrrole nitrogens is 1. The summed E-state index contributed by atoms with van der Waals surface area (Å²) in [4.78, 5) is 55.6. The highest BCUT2D eigenvalue weighted by atomic mass is 16.5. The monoisotopic (exact) mass is 370 g/mol. The van der Waals surface area contributed by atoms with E-state index in [0.717, 1.165) is 27.6 Å². The van der Waals surface area contributed by atoms with Gasteiger partial charge < -0.3 is 9.72 Å². The zero-order chi connectivity index (χ0) is 19.6. The van der Waals surface area contributed by atoms with E-state index in [-0.39, 0.29) is 6.42 Å². The molecule has 1 aliphatic heterocycles. The molecule has 9 heteroatoms. The number of para-hydroxylation sites is 1. The zero-order valence-electron chi connectivity index (χ0n) is 14.8. The summed E-state index contributed by atoms with van der Waals surface area (Å²) in [5.74, 6) is -3.35. The molecule has 1 aliphatic rings. The highest BCUT2D eigenvalue weighted by Gasteiger charge is 2.37. The number of aromatic nitrogens is 1. The van der Waals surface area contributed by atoms with Gasteiger partial charge in [-0.3, -0.25) is 24.8 Å². The van der Waals surface area contributed by atoms with Crippen LogP contribution in [0.2, 0.25) is 0 Å². The van der Waals surface area contributed by atoms with E-state index >= 15 is 0 Å². The van der Waals surface area contributed by atoms with Gasteiger partial charge in [-0.15, -0.1) is 0 Å². The van der Waals surface area contributed by atoms with E-state index in [1.165, 1.54) is 14.2 Å². The van der Waals surface area contributed by atoms with Crippen LogP contribution in [-0.4, -0.2) is 60.1 Å². The fourth-order valence-electron chi connectivity index (χ4n) is 2.85. The molecule has 2 heterocycles. The average molecular weight is 370 g/mol. The van der Waals surface area contributed by atoms with Gasteiger partial charge in [0.25, 0.3) is 0 Å². The van der Waals surface area contributed by atoms with Gasteiger partial charge in [0.05, 0.1) is 7.11 Å². The van der Waals surface area contributed by atoms with Crippen molar-refractivity contribution >= 4 is 40.9 Å². The average Bonchev–Trinajstić information content (AvgIpc) is 3.07. The number of carbonyl (C=O) groups is 4. The minimum atomic E-state index is -1.28. The van der Waals surface area contributed by atoms with Crippen molar-refractivity contribution in [1.29, 1.82) is 0 Å². The van der Waals surface area contributed by atoms with E-state index in [2.05, 4.69) is 15.3 Å². The molecule has 1 fully saturated rings. The lowest BCUT2D eigenvalue weighted by atomic mass is 10.0. The number of fused-ring (bicyclic) bond motifs is 1. The van der Waals surface area contributed by atoms with Crippen molar-refractivity contribution in [2.45, 2.75) is 12.5 Å². The quantitative estimate of drug-likeness (QED) is 0.455. The van der Waals surface area contributed by atoms with Crippen molar-refractivity contribution in [2.75, 3.05) is 14.2 Å². The molecule has 1 saturated heterocycles. The fourth-order valence-corrected chi connectivity index (χ4v) is 2.85. The van der Waals surface area contributed by atoms with Gasteiger partial charge in [0, 0.05) is 36.8 Å². The molecule has 0 bridgehead atoms. The Morgan fingerprint density at radius 1 is 1.33 bits per heavy atom. The molecule has 1 aromatic carbocycles. The summed E-state index contributed by atoms with van der Waals surface area (Å²) in [5.41, 5.74) is 1.77. The topological polar surface area (TPSA) is 121 Å². The van der Waals surface area contributed by atoms with E-state index in [9.17, 15) is 19.2 Å². The van der Waals surface area contributed by atoms with Crippen LogP contribution in [0, 0.1) is 5.92 Å². The molecule has 2 aromatic rings. The minimum Gasteiger partial charge on any atom is -0.467 e. The molecular weight excluding hydrogens is 352 g/mol. The number of rotatable bonds is 5. The molecule has 3 rings (SSSR count). The lowest BCUT2D eigenvalue weighted by molar-refractivity contribution is -0.142. The standard InChI is InChI=1S/C18H18N4O5/c1-22-16(24)12(15(23)21-18(22)26)9-20-14(17(25)27-2)7-10-8-19-13-6-4-3-5-11(10)13/h3-6,8-9,12,14,19H,7H2,1-2H3,(H,21,23,26)/t12-,14-/m0/s1. The SMILES string of the molecule is COC(=O)[C@H](Cc1c[nH]c2ccccc12)N=C[C@H]1C(=O)NC(=O)N(C)C1=O. The summed E-state index contributed by atoms with van der Waals surface area (Å²) in [5, 5.41) is 3.00. The first kappa shape index (κ1) is 18.3. The summed E-state index contributed by atoms with van der Waals surface area (Å²) in [6.45, 7) is 0. The molecule has 2 N–H and O–H groups in total. The number of benzene rings is 1. The van der Waals surface area contributed by atoms with Crippen LogP contribution in [0.25, 0.3) is 10.9 Å². The second kappa shape index (κ2) is 7.40. The van der Waals surface area contributed by atoms with E-state index < -0.39 is 35.8 Å². The van der Waals surface area contributed by atoms with Crippen LogP contribution in [-0.2, 0) is 25.5 Å². The number of barbiturate groups is 1. The molecular formula is C18H18N4O5. The minimum absolute atomic E-state index is 0.227. The van der Waals surface area contributed by atoms with Gasteiger partial charge in [0.15, 0.2) is 12.0 Å². The number of ether oxygens (including phenoxy) is 1. The maximum absolute atomic E-state index is 12.1. The van der Waals surface area contributed by atoms with Crippen molar-refractivity contribution < 1.29 is 23.9 Å². The van der Waals surface area contributed by atoms with Gasteiger partial charge in [0.1, 0.15) is 0 Å². The first-order chi connectivity index (χ1) is 12.9. The molecule has 0 spiro atoms. The van der Waals surface area contributed by atoms with Crippen LogP contribution in [0.3, 0.4) is 0 Å². The highest BCUT2D eigenvalue weighted by Crippen LogP contribution is 2.20. The third-order valence-corrected chi connectivity index (χ3v) is 4.39. The number of hydrogen-bond donors (Lipinski definition) is 2. The number of nitrogens with zero attached hydrogens (tertiary/aromatic N) is 2. The number of carbonyl (C=O) groups excluding carboxylic acids is 4. The van der Waals surface area contributed by atoms with Crippen molar-refractivity contribution in [3.63, 3.8) is 0 Å². The van der Waals surface area contributed by atoms with Crippen LogP contribution in [0.5, 0.6) is 0 Å². The van der Waals surface area contributed by atoms with Crippen molar-refractivity contribution in [2.24, 2.45) is 10.9 Å². The Kier molecular flexibility index (Phi) is 5.02. The summed E-state index contributed by atoms with van der Waals surface area (Å²) >= 11 is 0. The molecule has 0 saturated carbocycles. The summed E-state index contributed by atoms with van der Waals surface area (Å²) < 4.78 is 4.79. The fraction of sp³-hybridized carbons (Fsp3) is 0.278. The Bertz CT molecular complexity index is 948. The number of esters is 1. The number of methoxy groups -OCH3 is 1. The van der Waals surface area contributed by atoms with E-state index in [1.54, 1.807) is 6.20 Å². The van der Waals surface area contributed by atoms with E-state index in [1.807, 2.05) is 24.3 Å². The van der Waals surface area contributed by atoms with Crippen LogP contribution in [0.1, 0.15) is 5.56 Å². The molecule has 27 heavy (non-hydrogen) atoms. The van der Waals surface area contributed by atoms with E-state index in [4.69, 9.17) is 4.74 Å². The Hall–Kier alpha value is -3.49. The summed E-state index contributed by atoms with van der Waals surface area (Å²) in [6.07, 6.45) is 3.10. The van der Waals surface area contributed by atoms with Crippen molar-refractivity contribution in [3.05, 3.63) is 36.0 Å². The number of urea groups is 1. The highest BCUT2D eigenvalue weighted by molar-refractivity contribution is 6.23. The number of aliphatic imine (C=N–C) groups is 1. The molecule has 0 aliphatic carbocycles. The van der Waals surface area contributed by atoms with Gasteiger partial charge in [-0.25, -0.2) is 9.59 Å². The number of amides is 4. The Balaban J connectivity index is 1.84. The molecule has 9 nitrogen and oxygen atoms in total. The van der Waals surface area contributed by atoms with Gasteiger partial charge in [-0.05, 0) is 11.6 Å². The smallest absolute Gasteiger partial charge is 0.330 e. The number of imide groups is 2. The predicted molar refractivity (Wildman–Crippen MR) is 96.1 cm³/mol. The largest absolute Gasteiger partial charge is 0.467 e. The maximum atomic E-state index is 12.1. The molecule has 0 unspecified atom stereocenters. The number of hydrogen-bond acceptors (Lipinski definition) is 6.